The minimum absolute atomic E-state index is 0.152. The van der Waals surface area contributed by atoms with Gasteiger partial charge in [0.25, 0.3) is 0 Å². The van der Waals surface area contributed by atoms with Crippen LogP contribution in [0.2, 0.25) is 0 Å². The highest BCUT2D eigenvalue weighted by Gasteiger charge is 2.47. The minimum Gasteiger partial charge on any atom is -0.461 e. The lowest BCUT2D eigenvalue weighted by Crippen LogP contribution is -2.48. The normalized spacial score (nSPS) is 25.4. The molecule has 1 rings (SSSR count). The van der Waals surface area contributed by atoms with E-state index in [0.717, 1.165) is 6.42 Å². The highest BCUT2D eigenvalue weighted by Crippen LogP contribution is 2.36. The van der Waals surface area contributed by atoms with Crippen LogP contribution in [0.5, 0.6) is 0 Å². The lowest BCUT2D eigenvalue weighted by atomic mass is 9.82. The van der Waals surface area contributed by atoms with Crippen molar-refractivity contribution in [2.75, 3.05) is 13.2 Å². The van der Waals surface area contributed by atoms with E-state index in [1.165, 1.54) is 15.2 Å². The molecule has 4 nitrogen and oxygen atoms in total. The summed E-state index contributed by atoms with van der Waals surface area (Å²) < 4.78 is 6.59. The fourth-order valence-corrected chi connectivity index (χ4v) is 3.20. The van der Waals surface area contributed by atoms with Gasteiger partial charge in [-0.05, 0) is 19.8 Å². The van der Waals surface area contributed by atoms with E-state index in [-0.39, 0.29) is 12.5 Å². The summed E-state index contributed by atoms with van der Waals surface area (Å²) in [6.45, 7) is 5.97. The minimum atomic E-state index is -1.03. The van der Waals surface area contributed by atoms with Crippen LogP contribution in [0.1, 0.15) is 19.8 Å². The Labute approximate surface area is 111 Å². The Hall–Kier alpha value is -0.240. The summed E-state index contributed by atoms with van der Waals surface area (Å²) in [6, 6.07) is 0. The molecule has 0 aromatic carbocycles. The molecule has 0 aliphatic carbocycles. The zero-order valence-electron chi connectivity index (χ0n) is 9.07. The SMILES string of the molecule is C=CCOC(=O)C1(C)CCCN(SI)C1=O. The lowest BCUT2D eigenvalue weighted by Gasteiger charge is -2.35. The van der Waals surface area contributed by atoms with Crippen molar-refractivity contribution < 1.29 is 14.3 Å². The van der Waals surface area contributed by atoms with Crippen LogP contribution in [-0.2, 0) is 14.3 Å². The molecule has 1 amide bonds. The van der Waals surface area contributed by atoms with E-state index in [2.05, 4.69) is 6.58 Å². The third-order valence-corrected chi connectivity index (χ3v) is 4.54. The van der Waals surface area contributed by atoms with Gasteiger partial charge in [-0.1, -0.05) is 12.7 Å². The number of carbonyl (C=O) groups excluding carboxylic acids is 2. The maximum Gasteiger partial charge on any atom is 0.321 e. The van der Waals surface area contributed by atoms with E-state index in [1.54, 1.807) is 11.2 Å². The van der Waals surface area contributed by atoms with Gasteiger partial charge < -0.3 is 4.74 Å². The molecule has 6 heteroatoms. The zero-order chi connectivity index (χ0) is 12.2. The number of nitrogens with zero attached hydrogens (tertiary/aromatic N) is 1. The van der Waals surface area contributed by atoms with Crippen molar-refractivity contribution in [1.29, 1.82) is 0 Å². The van der Waals surface area contributed by atoms with Crippen molar-refractivity contribution in [3.05, 3.63) is 12.7 Å². The van der Waals surface area contributed by atoms with Gasteiger partial charge >= 0.3 is 5.97 Å². The molecule has 1 atom stereocenters. The largest absolute Gasteiger partial charge is 0.461 e. The van der Waals surface area contributed by atoms with E-state index in [1.807, 2.05) is 21.2 Å². The molecule has 0 radical (unpaired) electrons. The van der Waals surface area contributed by atoms with Crippen molar-refractivity contribution in [2.45, 2.75) is 19.8 Å². The second-order valence-corrected chi connectivity index (χ2v) is 5.56. The number of ether oxygens (including phenoxy) is 1. The first kappa shape index (κ1) is 13.8. The summed E-state index contributed by atoms with van der Waals surface area (Å²) in [6.07, 6.45) is 2.87. The van der Waals surface area contributed by atoms with Gasteiger partial charge in [0, 0.05) is 36.9 Å². The standard InChI is InChI=1S/C10H14INO3S/c1-3-7-15-9(14)10(2)5-4-6-12(16-11)8(10)13/h3H,1,4-7H2,2H3. The Bertz CT molecular complexity index is 310. The van der Waals surface area contributed by atoms with Gasteiger partial charge in [-0.15, -0.1) is 0 Å². The smallest absolute Gasteiger partial charge is 0.321 e. The van der Waals surface area contributed by atoms with Crippen molar-refractivity contribution in [3.8, 4) is 0 Å². The van der Waals surface area contributed by atoms with E-state index in [4.69, 9.17) is 4.74 Å². The van der Waals surface area contributed by atoms with Crippen LogP contribution < -0.4 is 0 Å². The van der Waals surface area contributed by atoms with Gasteiger partial charge in [-0.3, -0.25) is 13.9 Å². The molecule has 1 fully saturated rings. The zero-order valence-corrected chi connectivity index (χ0v) is 12.0. The van der Waals surface area contributed by atoms with E-state index in [9.17, 15) is 9.59 Å². The number of rotatable bonds is 4. The van der Waals surface area contributed by atoms with Crippen LogP contribution in [0.25, 0.3) is 0 Å². The number of halogens is 1. The first-order valence-corrected chi connectivity index (χ1v) is 8.26. The number of amides is 1. The van der Waals surface area contributed by atoms with Crippen molar-refractivity contribution in [3.63, 3.8) is 0 Å². The fourth-order valence-electron chi connectivity index (χ4n) is 1.61. The summed E-state index contributed by atoms with van der Waals surface area (Å²) in [5, 5.41) is 0. The van der Waals surface area contributed by atoms with Crippen LogP contribution in [-0.4, -0.2) is 29.3 Å². The Kier molecular flexibility index (Phi) is 5.10. The summed E-state index contributed by atoms with van der Waals surface area (Å²) in [7, 11) is 1.32. The molecule has 0 bridgehead atoms. The van der Waals surface area contributed by atoms with E-state index < -0.39 is 11.4 Å². The quantitative estimate of drug-likeness (QED) is 0.255. The highest BCUT2D eigenvalue weighted by molar-refractivity contribution is 14.2. The van der Waals surface area contributed by atoms with Crippen molar-refractivity contribution in [2.24, 2.45) is 5.41 Å². The summed E-state index contributed by atoms with van der Waals surface area (Å²) in [5.41, 5.74) is -1.03. The Morgan fingerprint density at radius 3 is 3.06 bits per heavy atom. The van der Waals surface area contributed by atoms with Crippen LogP contribution in [0.15, 0.2) is 12.7 Å². The van der Waals surface area contributed by atoms with Gasteiger partial charge in [0.1, 0.15) is 12.0 Å². The maximum atomic E-state index is 12.1. The van der Waals surface area contributed by atoms with Crippen LogP contribution in [0, 0.1) is 5.41 Å². The first-order valence-electron chi connectivity index (χ1n) is 4.95. The van der Waals surface area contributed by atoms with E-state index >= 15 is 0 Å². The van der Waals surface area contributed by atoms with Gasteiger partial charge in [0.2, 0.25) is 5.91 Å². The second-order valence-electron chi connectivity index (χ2n) is 3.80. The van der Waals surface area contributed by atoms with E-state index in [0.29, 0.717) is 13.0 Å². The molecule has 1 aliphatic rings. The molecule has 0 aromatic heterocycles. The average molecular weight is 355 g/mol. The van der Waals surface area contributed by atoms with Crippen LogP contribution in [0.3, 0.4) is 0 Å². The molecule has 1 aliphatic heterocycles. The van der Waals surface area contributed by atoms with Crippen molar-refractivity contribution in [1.82, 2.24) is 4.31 Å². The van der Waals surface area contributed by atoms with Crippen LogP contribution in [0.4, 0.5) is 0 Å². The molecule has 90 valence electrons. The van der Waals surface area contributed by atoms with Crippen molar-refractivity contribution >= 4 is 42.2 Å². The Morgan fingerprint density at radius 2 is 2.50 bits per heavy atom. The predicted octanol–water partition coefficient (Wildman–Crippen LogP) is 2.34. The molecule has 16 heavy (non-hydrogen) atoms. The number of hydrogen-bond donors (Lipinski definition) is 0. The molecule has 0 N–H and O–H groups in total. The summed E-state index contributed by atoms with van der Waals surface area (Å²) in [4.78, 5) is 23.9. The molecule has 1 unspecified atom stereocenters. The van der Waals surface area contributed by atoms with Gasteiger partial charge in [-0.2, -0.15) is 0 Å². The molecule has 0 saturated carbocycles. The van der Waals surface area contributed by atoms with Crippen LogP contribution >= 0.6 is 30.3 Å². The molecule has 1 heterocycles. The third-order valence-electron chi connectivity index (χ3n) is 2.60. The number of carbonyl (C=O) groups is 2. The second kappa shape index (κ2) is 5.90. The monoisotopic (exact) mass is 355 g/mol. The molecule has 1 saturated heterocycles. The third kappa shape index (κ3) is 2.71. The topological polar surface area (TPSA) is 46.6 Å². The molecule has 0 spiro atoms. The number of piperidine rings is 1. The Morgan fingerprint density at radius 1 is 1.81 bits per heavy atom. The summed E-state index contributed by atoms with van der Waals surface area (Å²) >= 11 is 2.04. The average Bonchev–Trinajstić information content (AvgIpc) is 2.29. The predicted molar refractivity (Wildman–Crippen MR) is 71.8 cm³/mol. The Balaban J connectivity index is 2.77. The highest BCUT2D eigenvalue weighted by atomic mass is 127. The molecular weight excluding hydrogens is 341 g/mol. The fraction of sp³-hybridized carbons (Fsp3) is 0.600. The molecular formula is C10H14INO3S. The number of hydrogen-bond acceptors (Lipinski definition) is 4. The van der Waals surface area contributed by atoms with Gasteiger partial charge in [-0.25, -0.2) is 0 Å². The summed E-state index contributed by atoms with van der Waals surface area (Å²) in [5.74, 6) is -0.611. The molecule has 0 aromatic rings. The lowest BCUT2D eigenvalue weighted by molar-refractivity contribution is -0.163. The number of esters is 1. The van der Waals surface area contributed by atoms with Gasteiger partial charge in [0.15, 0.2) is 0 Å². The first-order chi connectivity index (χ1) is 7.56. The maximum absolute atomic E-state index is 12.1. The van der Waals surface area contributed by atoms with Gasteiger partial charge in [0.05, 0.1) is 0 Å².